The minimum Gasteiger partial charge on any atom is -0.459 e. The van der Waals surface area contributed by atoms with Gasteiger partial charge in [-0.1, -0.05) is 24.5 Å². The van der Waals surface area contributed by atoms with E-state index in [2.05, 4.69) is 11.2 Å². The molecule has 3 unspecified atom stereocenters. The van der Waals surface area contributed by atoms with Gasteiger partial charge in [-0.15, -0.1) is 6.42 Å². The lowest BCUT2D eigenvalue weighted by molar-refractivity contribution is -0.167. The van der Waals surface area contributed by atoms with Gasteiger partial charge in [-0.3, -0.25) is 4.79 Å². The minimum atomic E-state index is -0.528. The van der Waals surface area contributed by atoms with Crippen molar-refractivity contribution in [2.24, 2.45) is 17.8 Å². The Morgan fingerprint density at radius 3 is 2.71 bits per heavy atom. The molecule has 2 bridgehead atoms. The van der Waals surface area contributed by atoms with Gasteiger partial charge in [0.05, 0.1) is 0 Å². The van der Waals surface area contributed by atoms with Crippen LogP contribution in [0, 0.1) is 30.1 Å². The number of ether oxygens (including phenoxy) is 2. The molecule has 1 aromatic carbocycles. The lowest BCUT2D eigenvalue weighted by atomic mass is 9.80. The molecule has 1 aromatic rings. The second-order valence-electron chi connectivity index (χ2n) is 9.05. The molecule has 166 valence electrons. The van der Waals surface area contributed by atoms with E-state index in [4.69, 9.17) is 15.9 Å². The van der Waals surface area contributed by atoms with Crippen molar-refractivity contribution in [2.45, 2.75) is 63.7 Å². The zero-order valence-corrected chi connectivity index (χ0v) is 18.3. The Bertz CT molecular complexity index is 840. The number of nitrogens with one attached hydrogen (secondary N) is 1. The molecule has 4 rings (SSSR count). The van der Waals surface area contributed by atoms with Crippen molar-refractivity contribution >= 4 is 5.91 Å². The Kier molecular flexibility index (Phi) is 6.99. The molecule has 0 aromatic heterocycles. The van der Waals surface area contributed by atoms with Gasteiger partial charge < -0.3 is 19.9 Å². The number of amides is 1. The van der Waals surface area contributed by atoms with Crippen LogP contribution in [0.3, 0.4) is 0 Å². The van der Waals surface area contributed by atoms with Crippen LogP contribution in [0.2, 0.25) is 0 Å². The Morgan fingerprint density at radius 2 is 2.10 bits per heavy atom. The topological polar surface area (TPSA) is 67.8 Å². The first-order chi connectivity index (χ1) is 15.1. The summed E-state index contributed by atoms with van der Waals surface area (Å²) in [7, 11) is 0. The van der Waals surface area contributed by atoms with Crippen molar-refractivity contribution in [3.63, 3.8) is 0 Å². The van der Waals surface area contributed by atoms with E-state index in [1.165, 1.54) is 19.3 Å². The molecule has 5 nitrogen and oxygen atoms in total. The van der Waals surface area contributed by atoms with E-state index < -0.39 is 6.29 Å². The summed E-state index contributed by atoms with van der Waals surface area (Å²) in [4.78, 5) is 13.2. The predicted octanol–water partition coefficient (Wildman–Crippen LogP) is 3.72. The Morgan fingerprint density at radius 1 is 1.29 bits per heavy atom. The molecule has 2 aliphatic carbocycles. The van der Waals surface area contributed by atoms with Gasteiger partial charge in [0.2, 0.25) is 6.29 Å². The summed E-state index contributed by atoms with van der Waals surface area (Å²) in [6.45, 7) is 2.53. The van der Waals surface area contributed by atoms with E-state index in [1.54, 1.807) is 0 Å². The highest BCUT2D eigenvalue weighted by molar-refractivity contribution is 5.92. The van der Waals surface area contributed by atoms with Crippen molar-refractivity contribution < 1.29 is 19.4 Å². The highest BCUT2D eigenvalue weighted by Crippen LogP contribution is 2.45. The van der Waals surface area contributed by atoms with E-state index in [9.17, 15) is 9.90 Å². The van der Waals surface area contributed by atoms with Crippen LogP contribution in [0.4, 0.5) is 0 Å². The summed E-state index contributed by atoms with van der Waals surface area (Å²) in [5.74, 6) is 4.16. The van der Waals surface area contributed by atoms with Gasteiger partial charge in [0.1, 0.15) is 0 Å². The molecule has 6 atom stereocenters. The first-order valence-electron chi connectivity index (χ1n) is 11.6. The third kappa shape index (κ3) is 4.81. The van der Waals surface area contributed by atoms with E-state index in [0.717, 1.165) is 29.9 Å². The number of rotatable bonds is 8. The summed E-state index contributed by atoms with van der Waals surface area (Å²) in [5.41, 5.74) is 1.89. The number of terminal acetylenes is 1. The minimum absolute atomic E-state index is 0.00262. The smallest absolute Gasteiger partial charge is 0.286 e. The van der Waals surface area contributed by atoms with Crippen LogP contribution in [0.5, 0.6) is 0 Å². The fraction of sp³-hybridized carbons (Fsp3) is 0.577. The summed E-state index contributed by atoms with van der Waals surface area (Å²) in [5, 5.41) is 12.6. The summed E-state index contributed by atoms with van der Waals surface area (Å²) >= 11 is 0. The molecule has 1 amide bonds. The standard InChI is InChI=1S/C26H33NO4/c1-3-17-7-10-19(11-8-17)22-16-24(31-26(30-4-2)21(22)6-5-13-28)25(29)27-23-15-18-9-12-20(23)14-18/h1,7-8,10-11,16,18,20-23,26,28H,4-6,9,12-15H2,2H3,(H,27,29)/t18?,20?,21-,22+,23?,26+/m0/s1. The van der Waals surface area contributed by atoms with Crippen LogP contribution in [-0.2, 0) is 14.3 Å². The predicted molar refractivity (Wildman–Crippen MR) is 119 cm³/mol. The maximum atomic E-state index is 13.2. The lowest BCUT2D eigenvalue weighted by Gasteiger charge is -2.37. The highest BCUT2D eigenvalue weighted by atomic mass is 16.7. The maximum absolute atomic E-state index is 13.2. The molecule has 0 spiro atoms. The monoisotopic (exact) mass is 423 g/mol. The molecule has 2 N–H and O–H groups in total. The third-order valence-corrected chi connectivity index (χ3v) is 7.15. The van der Waals surface area contributed by atoms with Gasteiger partial charge in [0.15, 0.2) is 5.76 Å². The van der Waals surface area contributed by atoms with Crippen LogP contribution in [0.1, 0.15) is 62.5 Å². The number of hydrogen-bond acceptors (Lipinski definition) is 4. The van der Waals surface area contributed by atoms with Gasteiger partial charge in [0.25, 0.3) is 5.91 Å². The lowest BCUT2D eigenvalue weighted by Crippen LogP contribution is -2.43. The van der Waals surface area contributed by atoms with Crippen LogP contribution in [0.15, 0.2) is 36.1 Å². The van der Waals surface area contributed by atoms with Crippen LogP contribution in [-0.4, -0.2) is 36.6 Å². The first-order valence-corrected chi connectivity index (χ1v) is 11.6. The van der Waals surface area contributed by atoms with Crippen molar-refractivity contribution in [3.05, 3.63) is 47.2 Å². The highest BCUT2D eigenvalue weighted by Gasteiger charge is 2.42. The molecular weight excluding hydrogens is 390 g/mol. The zero-order valence-electron chi connectivity index (χ0n) is 18.3. The summed E-state index contributed by atoms with van der Waals surface area (Å²) in [6, 6.07) is 8.13. The Labute approximate surface area is 185 Å². The fourth-order valence-corrected chi connectivity index (χ4v) is 5.61. The van der Waals surface area contributed by atoms with Crippen molar-refractivity contribution in [3.8, 4) is 12.3 Å². The SMILES string of the molecule is C#Cc1ccc([C@H]2C=C(C(=O)NC3CC4CCC3C4)O[C@@H](OCC)[C@H]2CCCO)cc1. The van der Waals surface area contributed by atoms with Crippen molar-refractivity contribution in [2.75, 3.05) is 13.2 Å². The van der Waals surface area contributed by atoms with E-state index >= 15 is 0 Å². The molecule has 5 heteroatoms. The molecule has 0 radical (unpaired) electrons. The van der Waals surface area contributed by atoms with E-state index in [0.29, 0.717) is 24.7 Å². The second-order valence-corrected chi connectivity index (χ2v) is 9.05. The third-order valence-electron chi connectivity index (χ3n) is 7.15. The summed E-state index contributed by atoms with van der Waals surface area (Å²) in [6.07, 6.45) is 13.1. The van der Waals surface area contributed by atoms with Crippen LogP contribution in [0.25, 0.3) is 0 Å². The second kappa shape index (κ2) is 9.89. The average molecular weight is 424 g/mol. The molecule has 3 aliphatic rings. The number of carbonyl (C=O) groups excluding carboxylic acids is 1. The van der Waals surface area contributed by atoms with Gasteiger partial charge in [-0.05, 0) is 74.6 Å². The van der Waals surface area contributed by atoms with E-state index in [-0.39, 0.29) is 30.4 Å². The molecule has 1 aliphatic heterocycles. The van der Waals surface area contributed by atoms with Crippen LogP contribution >= 0.6 is 0 Å². The summed E-state index contributed by atoms with van der Waals surface area (Å²) < 4.78 is 12.0. The fourth-order valence-electron chi connectivity index (χ4n) is 5.61. The van der Waals surface area contributed by atoms with Gasteiger partial charge >= 0.3 is 0 Å². The largest absolute Gasteiger partial charge is 0.459 e. The zero-order chi connectivity index (χ0) is 21.8. The Hall–Kier alpha value is -2.29. The normalized spacial score (nSPS) is 31.6. The first kappa shape index (κ1) is 21.9. The molecular formula is C26H33NO4. The molecule has 1 heterocycles. The van der Waals surface area contributed by atoms with Crippen LogP contribution < -0.4 is 5.32 Å². The number of benzene rings is 1. The molecule has 2 saturated carbocycles. The van der Waals surface area contributed by atoms with Gasteiger partial charge in [0, 0.05) is 36.7 Å². The quantitative estimate of drug-likeness (QED) is 0.626. The number of fused-ring (bicyclic) bond motifs is 2. The maximum Gasteiger partial charge on any atom is 0.286 e. The number of allylic oxidation sites excluding steroid dienone is 1. The molecule has 2 fully saturated rings. The number of aliphatic hydroxyl groups is 1. The number of aliphatic hydroxyl groups excluding tert-OH is 1. The molecule has 0 saturated heterocycles. The van der Waals surface area contributed by atoms with Crippen molar-refractivity contribution in [1.29, 1.82) is 0 Å². The number of carbonyl (C=O) groups is 1. The average Bonchev–Trinajstić information content (AvgIpc) is 3.41. The van der Waals surface area contributed by atoms with E-state index in [1.807, 2.05) is 37.3 Å². The van der Waals surface area contributed by atoms with Gasteiger partial charge in [-0.25, -0.2) is 0 Å². The van der Waals surface area contributed by atoms with Gasteiger partial charge in [-0.2, -0.15) is 0 Å². The molecule has 31 heavy (non-hydrogen) atoms. The Balaban J connectivity index is 1.59. The number of hydrogen-bond donors (Lipinski definition) is 2. The van der Waals surface area contributed by atoms with Crippen molar-refractivity contribution in [1.82, 2.24) is 5.32 Å².